The van der Waals surface area contributed by atoms with E-state index in [1.807, 2.05) is 42.3 Å². The number of aromatic amines is 1. The summed E-state index contributed by atoms with van der Waals surface area (Å²) in [6, 6.07) is 20.8. The SMILES string of the molecule is CN1c2ccc(NS(=O)(=O)c3ccc(C4CCCCC4)cc3)cc2C(=O)N2CCc3c([nH]c4ccccc34)C21. The van der Waals surface area contributed by atoms with Gasteiger partial charge in [0.1, 0.15) is 6.17 Å². The van der Waals surface area contributed by atoms with Gasteiger partial charge in [-0.05, 0) is 72.7 Å². The number of nitrogens with one attached hydrogen (secondary N) is 2. The second-order valence-corrected chi connectivity index (χ2v) is 12.7. The number of benzene rings is 3. The number of nitrogens with zero attached hydrogens (tertiary/aromatic N) is 2. The van der Waals surface area contributed by atoms with Gasteiger partial charge in [-0.15, -0.1) is 0 Å². The maximum absolute atomic E-state index is 13.7. The van der Waals surface area contributed by atoms with Crippen LogP contribution < -0.4 is 9.62 Å². The van der Waals surface area contributed by atoms with E-state index in [-0.39, 0.29) is 17.0 Å². The average molecular weight is 541 g/mol. The lowest BCUT2D eigenvalue weighted by Gasteiger charge is -2.46. The summed E-state index contributed by atoms with van der Waals surface area (Å²) in [5.74, 6) is 0.432. The second-order valence-electron chi connectivity index (χ2n) is 11.0. The van der Waals surface area contributed by atoms with E-state index >= 15 is 0 Å². The molecule has 3 aliphatic rings. The topological polar surface area (TPSA) is 85.5 Å². The number of hydrogen-bond donors (Lipinski definition) is 2. The fraction of sp³-hybridized carbons (Fsp3) is 0.323. The summed E-state index contributed by atoms with van der Waals surface area (Å²) in [6.07, 6.45) is 6.64. The number of para-hydroxylation sites is 1. The molecule has 3 aromatic carbocycles. The van der Waals surface area contributed by atoms with Crippen LogP contribution in [-0.4, -0.2) is 37.8 Å². The molecule has 0 saturated heterocycles. The first-order valence-corrected chi connectivity index (χ1v) is 15.3. The van der Waals surface area contributed by atoms with Crippen LogP contribution in [0.2, 0.25) is 0 Å². The minimum Gasteiger partial charge on any atom is -0.355 e. The summed E-state index contributed by atoms with van der Waals surface area (Å²) < 4.78 is 29.2. The highest BCUT2D eigenvalue weighted by Gasteiger charge is 2.41. The number of hydrogen-bond acceptors (Lipinski definition) is 4. The molecule has 2 N–H and O–H groups in total. The second kappa shape index (κ2) is 9.16. The molecule has 1 amide bonds. The maximum Gasteiger partial charge on any atom is 0.261 e. The number of fused-ring (bicyclic) bond motifs is 6. The molecule has 3 heterocycles. The van der Waals surface area contributed by atoms with Crippen molar-refractivity contribution in [3.63, 3.8) is 0 Å². The molecule has 8 heteroatoms. The molecular formula is C31H32N4O3S. The summed E-state index contributed by atoms with van der Waals surface area (Å²) in [5, 5.41) is 1.20. The van der Waals surface area contributed by atoms with E-state index < -0.39 is 10.0 Å². The maximum atomic E-state index is 13.7. The third-order valence-corrected chi connectivity index (χ3v) is 10.2. The Morgan fingerprint density at radius 2 is 1.72 bits per heavy atom. The lowest BCUT2D eigenvalue weighted by molar-refractivity contribution is 0.0634. The number of carbonyl (C=O) groups is 1. The number of H-pyrrole nitrogens is 1. The van der Waals surface area contributed by atoms with Crippen molar-refractivity contribution >= 4 is 38.2 Å². The van der Waals surface area contributed by atoms with E-state index in [1.165, 1.54) is 48.6 Å². The van der Waals surface area contributed by atoms with Gasteiger partial charge < -0.3 is 14.8 Å². The van der Waals surface area contributed by atoms with Gasteiger partial charge in [-0.1, -0.05) is 49.6 Å². The first-order chi connectivity index (χ1) is 18.9. The molecule has 200 valence electrons. The normalized spacial score (nSPS) is 19.5. The number of rotatable bonds is 4. The van der Waals surface area contributed by atoms with Crippen molar-refractivity contribution in [1.82, 2.24) is 9.88 Å². The molecule has 1 aliphatic carbocycles. The molecule has 7 nitrogen and oxygen atoms in total. The van der Waals surface area contributed by atoms with E-state index in [1.54, 1.807) is 24.3 Å². The van der Waals surface area contributed by atoms with Crippen molar-refractivity contribution in [3.8, 4) is 0 Å². The monoisotopic (exact) mass is 540 g/mol. The van der Waals surface area contributed by atoms with Gasteiger partial charge in [-0.2, -0.15) is 0 Å². The summed E-state index contributed by atoms with van der Waals surface area (Å²) >= 11 is 0. The molecule has 0 spiro atoms. The summed E-state index contributed by atoms with van der Waals surface area (Å²) in [7, 11) is -1.80. The highest BCUT2D eigenvalue weighted by molar-refractivity contribution is 7.92. The zero-order valence-electron chi connectivity index (χ0n) is 22.0. The van der Waals surface area contributed by atoms with Gasteiger partial charge in [-0.25, -0.2) is 8.42 Å². The van der Waals surface area contributed by atoms with E-state index in [0.29, 0.717) is 23.7 Å². The molecule has 2 aliphatic heterocycles. The van der Waals surface area contributed by atoms with E-state index in [0.717, 1.165) is 23.3 Å². The lowest BCUT2D eigenvalue weighted by Crippen LogP contribution is -2.51. The third kappa shape index (κ3) is 4.00. The molecule has 0 bridgehead atoms. The van der Waals surface area contributed by atoms with Crippen LogP contribution in [0.1, 0.15) is 71.4 Å². The highest BCUT2D eigenvalue weighted by atomic mass is 32.2. The standard InChI is InChI=1S/C31H32N4O3S/c1-34-28-16-13-22(33-39(37,38)23-14-11-21(12-15-23)20-7-3-2-4-8-20)19-26(28)31(36)35-18-17-25-24-9-5-6-10-27(24)32-29(25)30(34)35/h5-6,9-16,19-20,30,32-33H,2-4,7-8,17-18H2,1H3. The average Bonchev–Trinajstić information content (AvgIpc) is 3.35. The number of carbonyl (C=O) groups excluding carboxylic acids is 1. The van der Waals surface area contributed by atoms with Crippen LogP contribution in [0.4, 0.5) is 11.4 Å². The van der Waals surface area contributed by atoms with Gasteiger partial charge in [0.15, 0.2) is 0 Å². The fourth-order valence-electron chi connectivity index (χ4n) is 6.77. The van der Waals surface area contributed by atoms with Crippen LogP contribution in [0.5, 0.6) is 0 Å². The van der Waals surface area contributed by atoms with E-state index in [9.17, 15) is 13.2 Å². The summed E-state index contributed by atoms with van der Waals surface area (Å²) in [4.78, 5) is 21.5. The molecule has 1 unspecified atom stereocenters. The molecule has 1 saturated carbocycles. The quantitative estimate of drug-likeness (QED) is 0.325. The Hall–Kier alpha value is -3.78. The lowest BCUT2D eigenvalue weighted by atomic mass is 9.84. The van der Waals surface area contributed by atoms with Crippen LogP contribution in [0.15, 0.2) is 71.6 Å². The van der Waals surface area contributed by atoms with Gasteiger partial charge in [-0.3, -0.25) is 9.52 Å². The van der Waals surface area contributed by atoms with Crippen LogP contribution in [-0.2, 0) is 16.4 Å². The first kappa shape index (κ1) is 24.3. The zero-order valence-corrected chi connectivity index (χ0v) is 22.8. The Morgan fingerprint density at radius 1 is 0.949 bits per heavy atom. The van der Waals surface area contributed by atoms with Gasteiger partial charge in [0.05, 0.1) is 21.8 Å². The van der Waals surface area contributed by atoms with Gasteiger partial charge >= 0.3 is 0 Å². The predicted octanol–water partition coefficient (Wildman–Crippen LogP) is 6.16. The fourth-order valence-corrected chi connectivity index (χ4v) is 7.82. The van der Waals surface area contributed by atoms with Crippen LogP contribution >= 0.6 is 0 Å². The van der Waals surface area contributed by atoms with Crippen molar-refractivity contribution in [1.29, 1.82) is 0 Å². The molecule has 7 rings (SSSR count). The van der Waals surface area contributed by atoms with Crippen molar-refractivity contribution in [2.45, 2.75) is 55.5 Å². The Morgan fingerprint density at radius 3 is 2.51 bits per heavy atom. The zero-order chi connectivity index (χ0) is 26.7. The molecule has 39 heavy (non-hydrogen) atoms. The summed E-state index contributed by atoms with van der Waals surface area (Å²) in [5.41, 5.74) is 6.26. The smallest absolute Gasteiger partial charge is 0.261 e. The predicted molar refractivity (Wildman–Crippen MR) is 154 cm³/mol. The van der Waals surface area contributed by atoms with Crippen molar-refractivity contribution in [2.24, 2.45) is 0 Å². The van der Waals surface area contributed by atoms with Crippen molar-refractivity contribution in [3.05, 3.63) is 89.1 Å². The van der Waals surface area contributed by atoms with E-state index in [4.69, 9.17) is 0 Å². The summed E-state index contributed by atoms with van der Waals surface area (Å²) in [6.45, 7) is 0.603. The largest absolute Gasteiger partial charge is 0.355 e. The third-order valence-electron chi connectivity index (χ3n) is 8.76. The molecule has 1 atom stereocenters. The minimum absolute atomic E-state index is 0.0877. The highest BCUT2D eigenvalue weighted by Crippen LogP contribution is 2.43. The molecule has 1 aromatic heterocycles. The molecule has 4 aromatic rings. The van der Waals surface area contributed by atoms with Gasteiger partial charge in [0.25, 0.3) is 15.9 Å². The van der Waals surface area contributed by atoms with Crippen molar-refractivity contribution in [2.75, 3.05) is 23.2 Å². The van der Waals surface area contributed by atoms with Gasteiger partial charge in [0.2, 0.25) is 0 Å². The minimum atomic E-state index is -3.79. The number of aromatic nitrogens is 1. The molecular weight excluding hydrogens is 508 g/mol. The van der Waals surface area contributed by atoms with Crippen LogP contribution in [0.3, 0.4) is 0 Å². The van der Waals surface area contributed by atoms with Gasteiger partial charge in [0, 0.05) is 30.2 Å². The molecule has 1 fully saturated rings. The Labute approximate surface area is 228 Å². The van der Waals surface area contributed by atoms with Crippen molar-refractivity contribution < 1.29 is 13.2 Å². The number of sulfonamides is 1. The van der Waals surface area contributed by atoms with Crippen LogP contribution in [0.25, 0.3) is 10.9 Å². The first-order valence-electron chi connectivity index (χ1n) is 13.8. The Bertz CT molecular complexity index is 1690. The molecule has 0 radical (unpaired) electrons. The number of anilines is 2. The van der Waals surface area contributed by atoms with Crippen LogP contribution in [0, 0.1) is 0 Å². The Balaban J connectivity index is 1.16. The Kier molecular flexibility index (Phi) is 5.70. The van der Waals surface area contributed by atoms with E-state index in [2.05, 4.69) is 26.7 Å². The number of amides is 1.